The minimum absolute atomic E-state index is 0.0303. The van der Waals surface area contributed by atoms with Gasteiger partial charge in [-0.15, -0.1) is 11.6 Å². The predicted molar refractivity (Wildman–Crippen MR) is 82.8 cm³/mol. The fourth-order valence-corrected chi connectivity index (χ4v) is 5.75. The van der Waals surface area contributed by atoms with E-state index in [0.717, 1.165) is 49.9 Å². The third kappa shape index (κ3) is 2.49. The average molecular weight is 298 g/mol. The molecule has 4 bridgehead atoms. The van der Waals surface area contributed by atoms with Crippen molar-refractivity contribution in [1.29, 1.82) is 0 Å². The molecule has 0 spiro atoms. The zero-order valence-electron chi connectivity index (χ0n) is 12.9. The van der Waals surface area contributed by atoms with Crippen molar-refractivity contribution >= 4 is 17.5 Å². The van der Waals surface area contributed by atoms with Crippen molar-refractivity contribution in [3.05, 3.63) is 0 Å². The number of alkyl halides is 1. The standard InChI is InChI=1S/C17H28ClNO/c1-3-16(2,4-5-18)19-15(20)17-9-12-6-13(10-17)8-14(7-12)11-17/h12-14H,3-11H2,1-2H3,(H,19,20). The fraction of sp³-hybridized carbons (Fsp3) is 0.941. The van der Waals surface area contributed by atoms with E-state index in [9.17, 15) is 4.79 Å². The first-order chi connectivity index (χ1) is 9.48. The van der Waals surface area contributed by atoms with Crippen LogP contribution in [0.1, 0.15) is 65.2 Å². The van der Waals surface area contributed by atoms with Crippen LogP contribution in [-0.2, 0) is 4.79 Å². The Balaban J connectivity index is 1.73. The van der Waals surface area contributed by atoms with Crippen molar-refractivity contribution in [2.24, 2.45) is 23.2 Å². The Morgan fingerprint density at radius 2 is 1.70 bits per heavy atom. The molecule has 4 aliphatic rings. The van der Waals surface area contributed by atoms with Gasteiger partial charge in [0, 0.05) is 16.8 Å². The molecule has 1 atom stereocenters. The maximum atomic E-state index is 13.0. The summed E-state index contributed by atoms with van der Waals surface area (Å²) in [6.07, 6.45) is 9.42. The van der Waals surface area contributed by atoms with Gasteiger partial charge in [0.2, 0.25) is 5.91 Å². The molecule has 20 heavy (non-hydrogen) atoms. The molecule has 1 unspecified atom stereocenters. The van der Waals surface area contributed by atoms with Crippen molar-refractivity contribution in [2.45, 2.75) is 70.8 Å². The molecule has 0 saturated heterocycles. The third-order valence-electron chi connectivity index (χ3n) is 6.36. The second-order valence-corrected chi connectivity index (χ2v) is 8.38. The highest BCUT2D eigenvalue weighted by atomic mass is 35.5. The van der Waals surface area contributed by atoms with Gasteiger partial charge in [-0.3, -0.25) is 4.79 Å². The topological polar surface area (TPSA) is 29.1 Å². The summed E-state index contributed by atoms with van der Waals surface area (Å²) in [7, 11) is 0. The van der Waals surface area contributed by atoms with Gasteiger partial charge in [0.15, 0.2) is 0 Å². The van der Waals surface area contributed by atoms with Crippen LogP contribution >= 0.6 is 11.6 Å². The summed E-state index contributed by atoms with van der Waals surface area (Å²) in [5, 5.41) is 3.38. The molecule has 1 amide bonds. The van der Waals surface area contributed by atoms with Gasteiger partial charge in [0.05, 0.1) is 0 Å². The van der Waals surface area contributed by atoms with Crippen LogP contribution in [0.5, 0.6) is 0 Å². The molecule has 4 aliphatic carbocycles. The Hall–Kier alpha value is -0.240. The van der Waals surface area contributed by atoms with E-state index in [0.29, 0.717) is 11.8 Å². The van der Waals surface area contributed by atoms with Crippen molar-refractivity contribution in [2.75, 3.05) is 5.88 Å². The highest BCUT2D eigenvalue weighted by molar-refractivity contribution is 6.17. The van der Waals surface area contributed by atoms with E-state index >= 15 is 0 Å². The summed E-state index contributed by atoms with van der Waals surface area (Å²) >= 11 is 5.92. The molecule has 0 aliphatic heterocycles. The summed E-state index contributed by atoms with van der Waals surface area (Å²) in [4.78, 5) is 13.0. The smallest absolute Gasteiger partial charge is 0.226 e. The van der Waals surface area contributed by atoms with Gasteiger partial charge in [-0.2, -0.15) is 0 Å². The number of hydrogen-bond acceptors (Lipinski definition) is 1. The largest absolute Gasteiger partial charge is 0.350 e. The zero-order valence-corrected chi connectivity index (χ0v) is 13.6. The maximum absolute atomic E-state index is 13.0. The molecule has 4 saturated carbocycles. The number of amides is 1. The lowest BCUT2D eigenvalue weighted by Gasteiger charge is -2.56. The van der Waals surface area contributed by atoms with Gasteiger partial charge in [0.1, 0.15) is 0 Å². The number of nitrogens with one attached hydrogen (secondary N) is 1. The lowest BCUT2D eigenvalue weighted by atomic mass is 9.49. The van der Waals surface area contributed by atoms with E-state index in [2.05, 4.69) is 19.2 Å². The lowest BCUT2D eigenvalue weighted by molar-refractivity contribution is -0.148. The quantitative estimate of drug-likeness (QED) is 0.760. The minimum atomic E-state index is -0.123. The highest BCUT2D eigenvalue weighted by Gasteiger charge is 2.55. The molecule has 2 nitrogen and oxygen atoms in total. The van der Waals surface area contributed by atoms with Gasteiger partial charge in [-0.05, 0) is 76.0 Å². The Kier molecular flexibility index (Phi) is 3.81. The molecule has 0 aromatic rings. The Morgan fingerprint density at radius 3 is 2.10 bits per heavy atom. The Bertz CT molecular complexity index is 359. The molecule has 0 heterocycles. The Labute approximate surface area is 128 Å². The van der Waals surface area contributed by atoms with Crippen LogP contribution in [0.4, 0.5) is 0 Å². The van der Waals surface area contributed by atoms with Crippen molar-refractivity contribution in [3.8, 4) is 0 Å². The van der Waals surface area contributed by atoms with Crippen LogP contribution < -0.4 is 5.32 Å². The van der Waals surface area contributed by atoms with Gasteiger partial charge < -0.3 is 5.32 Å². The Morgan fingerprint density at radius 1 is 1.20 bits per heavy atom. The van der Waals surface area contributed by atoms with Crippen molar-refractivity contribution in [3.63, 3.8) is 0 Å². The van der Waals surface area contributed by atoms with Gasteiger partial charge in [-0.1, -0.05) is 6.92 Å². The van der Waals surface area contributed by atoms with E-state index in [4.69, 9.17) is 11.6 Å². The van der Waals surface area contributed by atoms with Crippen LogP contribution in [0.2, 0.25) is 0 Å². The second-order valence-electron chi connectivity index (χ2n) is 8.01. The molecular weight excluding hydrogens is 270 g/mol. The van der Waals surface area contributed by atoms with Crippen molar-refractivity contribution in [1.82, 2.24) is 5.32 Å². The molecular formula is C17H28ClNO. The summed E-state index contributed by atoms with van der Waals surface area (Å²) < 4.78 is 0. The first kappa shape index (κ1) is 14.7. The van der Waals surface area contributed by atoms with Crippen LogP contribution in [0.3, 0.4) is 0 Å². The van der Waals surface area contributed by atoms with Gasteiger partial charge in [-0.25, -0.2) is 0 Å². The second kappa shape index (κ2) is 5.19. The van der Waals surface area contributed by atoms with E-state index < -0.39 is 0 Å². The normalized spacial score (nSPS) is 41.5. The molecule has 1 N–H and O–H groups in total. The molecule has 4 rings (SSSR count). The maximum Gasteiger partial charge on any atom is 0.226 e. The molecule has 4 fully saturated rings. The van der Waals surface area contributed by atoms with Crippen LogP contribution in [0.15, 0.2) is 0 Å². The van der Waals surface area contributed by atoms with E-state index in [1.165, 1.54) is 19.3 Å². The minimum Gasteiger partial charge on any atom is -0.350 e. The van der Waals surface area contributed by atoms with Gasteiger partial charge >= 0.3 is 0 Å². The molecule has 0 radical (unpaired) electrons. The third-order valence-corrected chi connectivity index (χ3v) is 6.55. The summed E-state index contributed by atoms with van der Waals surface area (Å²) in [6, 6.07) is 0. The van der Waals surface area contributed by atoms with Crippen molar-refractivity contribution < 1.29 is 4.79 Å². The van der Waals surface area contributed by atoms with E-state index in [1.807, 2.05) is 0 Å². The number of halogens is 1. The first-order valence-electron chi connectivity index (χ1n) is 8.37. The van der Waals surface area contributed by atoms with Gasteiger partial charge in [0.25, 0.3) is 0 Å². The van der Waals surface area contributed by atoms with Crippen LogP contribution in [0, 0.1) is 23.2 Å². The lowest BCUT2D eigenvalue weighted by Crippen LogP contribution is -2.58. The number of hydrogen-bond donors (Lipinski definition) is 1. The highest BCUT2D eigenvalue weighted by Crippen LogP contribution is 2.60. The first-order valence-corrected chi connectivity index (χ1v) is 8.91. The van der Waals surface area contributed by atoms with Crippen LogP contribution in [0.25, 0.3) is 0 Å². The molecule has 114 valence electrons. The molecule has 0 aromatic carbocycles. The fourth-order valence-electron chi connectivity index (χ4n) is 5.33. The number of carbonyl (C=O) groups is 1. The zero-order chi connectivity index (χ0) is 14.4. The van der Waals surface area contributed by atoms with E-state index in [1.54, 1.807) is 0 Å². The van der Waals surface area contributed by atoms with E-state index in [-0.39, 0.29) is 11.0 Å². The number of carbonyl (C=O) groups excluding carboxylic acids is 1. The van der Waals surface area contributed by atoms with Crippen LogP contribution in [-0.4, -0.2) is 17.3 Å². The number of rotatable bonds is 5. The average Bonchev–Trinajstić information content (AvgIpc) is 2.37. The predicted octanol–water partition coefficient (Wildman–Crippen LogP) is 4.12. The SMILES string of the molecule is CCC(C)(CCCl)NC(=O)C12CC3CC(CC(C3)C1)C2. The summed E-state index contributed by atoms with van der Waals surface area (Å²) in [6.45, 7) is 4.29. The monoisotopic (exact) mass is 297 g/mol. The molecule has 0 aromatic heterocycles. The summed E-state index contributed by atoms with van der Waals surface area (Å²) in [5.74, 6) is 3.44. The molecule has 3 heteroatoms. The summed E-state index contributed by atoms with van der Waals surface area (Å²) in [5.41, 5.74) is -0.153.